The lowest BCUT2D eigenvalue weighted by Crippen LogP contribution is -2.08. The van der Waals surface area contributed by atoms with Crippen molar-refractivity contribution in [3.05, 3.63) is 42.5 Å². The van der Waals surface area contributed by atoms with Gasteiger partial charge in [0.15, 0.2) is 0 Å². The van der Waals surface area contributed by atoms with Crippen LogP contribution in [0.2, 0.25) is 0 Å². The van der Waals surface area contributed by atoms with Crippen LogP contribution in [0.25, 0.3) is 0 Å². The van der Waals surface area contributed by atoms with Gasteiger partial charge in [0, 0.05) is 5.92 Å². The van der Waals surface area contributed by atoms with Crippen LogP contribution in [0.4, 0.5) is 0 Å². The molecule has 0 radical (unpaired) electrons. The van der Waals surface area contributed by atoms with Crippen molar-refractivity contribution in [2.45, 2.75) is 13.8 Å². The lowest BCUT2D eigenvalue weighted by Gasteiger charge is -2.12. The summed E-state index contributed by atoms with van der Waals surface area (Å²) in [6.45, 7) is 8.74. The molecule has 0 aliphatic heterocycles. The third-order valence-corrected chi connectivity index (χ3v) is 2.08. The molecule has 0 aliphatic carbocycles. The Morgan fingerprint density at radius 2 is 2.00 bits per heavy atom. The Labute approximate surface area is 80.0 Å². The zero-order valence-electron chi connectivity index (χ0n) is 8.29. The normalized spacial score (nSPS) is 12.2. The lowest BCUT2D eigenvalue weighted by molar-refractivity contribution is 0.279. The second-order valence-corrected chi connectivity index (χ2v) is 3.37. The van der Waals surface area contributed by atoms with E-state index in [9.17, 15) is 0 Å². The molecule has 0 bridgehead atoms. The fraction of sp³-hybridized carbons (Fsp3) is 0.333. The van der Waals surface area contributed by atoms with E-state index in [1.54, 1.807) is 0 Å². The molecule has 1 atom stereocenters. The Balaban J connectivity index is 2.39. The minimum atomic E-state index is 0.417. The summed E-state index contributed by atoms with van der Waals surface area (Å²) in [5.41, 5.74) is 1.16. The molecule has 0 aliphatic rings. The maximum Gasteiger partial charge on any atom is 0.119 e. The predicted molar refractivity (Wildman–Crippen MR) is 55.9 cm³/mol. The maximum atomic E-state index is 5.57. The molecule has 1 aromatic carbocycles. The fourth-order valence-electron chi connectivity index (χ4n) is 0.880. The second-order valence-electron chi connectivity index (χ2n) is 3.37. The molecule has 0 N–H and O–H groups in total. The highest BCUT2D eigenvalue weighted by Crippen LogP contribution is 2.12. The summed E-state index contributed by atoms with van der Waals surface area (Å²) in [4.78, 5) is 0. The van der Waals surface area contributed by atoms with Crippen molar-refractivity contribution in [1.82, 2.24) is 0 Å². The molecule has 0 amide bonds. The highest BCUT2D eigenvalue weighted by Gasteiger charge is 2.02. The highest BCUT2D eigenvalue weighted by molar-refractivity contribution is 5.21. The molecule has 0 spiro atoms. The number of rotatable bonds is 4. The molecule has 1 heteroatoms. The van der Waals surface area contributed by atoms with Crippen LogP contribution in [0.15, 0.2) is 42.5 Å². The van der Waals surface area contributed by atoms with Crippen molar-refractivity contribution in [3.8, 4) is 5.75 Å². The highest BCUT2D eigenvalue weighted by atomic mass is 16.5. The standard InChI is InChI=1S/C12H16O/c1-10(2)11(3)9-13-12-7-5-4-6-8-12/h4-8,11H,1,9H2,2-3H3. The van der Waals surface area contributed by atoms with Gasteiger partial charge in [-0.05, 0) is 19.1 Å². The van der Waals surface area contributed by atoms with E-state index in [-0.39, 0.29) is 0 Å². The first-order valence-electron chi connectivity index (χ1n) is 4.53. The van der Waals surface area contributed by atoms with Gasteiger partial charge in [0.1, 0.15) is 5.75 Å². The summed E-state index contributed by atoms with van der Waals surface area (Å²) < 4.78 is 5.57. The first-order chi connectivity index (χ1) is 6.20. The van der Waals surface area contributed by atoms with E-state index in [0.717, 1.165) is 11.3 Å². The third-order valence-electron chi connectivity index (χ3n) is 2.08. The van der Waals surface area contributed by atoms with Gasteiger partial charge in [-0.3, -0.25) is 0 Å². The molecular formula is C12H16O. The van der Waals surface area contributed by atoms with Gasteiger partial charge >= 0.3 is 0 Å². The molecule has 70 valence electrons. The van der Waals surface area contributed by atoms with Gasteiger partial charge in [-0.2, -0.15) is 0 Å². The summed E-state index contributed by atoms with van der Waals surface area (Å²) in [7, 11) is 0. The van der Waals surface area contributed by atoms with Crippen molar-refractivity contribution >= 4 is 0 Å². The molecule has 0 fully saturated rings. The largest absolute Gasteiger partial charge is 0.493 e. The first-order valence-corrected chi connectivity index (χ1v) is 4.53. The van der Waals surface area contributed by atoms with Gasteiger partial charge in [-0.25, -0.2) is 0 Å². The smallest absolute Gasteiger partial charge is 0.119 e. The first kappa shape index (κ1) is 9.85. The lowest BCUT2D eigenvalue weighted by atomic mass is 10.1. The summed E-state index contributed by atoms with van der Waals surface area (Å²) in [6, 6.07) is 9.85. The summed E-state index contributed by atoms with van der Waals surface area (Å²) in [6.07, 6.45) is 0. The SMILES string of the molecule is C=C(C)C(C)COc1ccccc1. The number of hydrogen-bond donors (Lipinski definition) is 0. The van der Waals surface area contributed by atoms with E-state index < -0.39 is 0 Å². The van der Waals surface area contributed by atoms with E-state index in [1.807, 2.05) is 37.3 Å². The molecule has 0 aromatic heterocycles. The molecule has 1 aromatic rings. The van der Waals surface area contributed by atoms with Crippen LogP contribution in [0, 0.1) is 5.92 Å². The summed E-state index contributed by atoms with van der Waals surface area (Å²) in [5.74, 6) is 1.34. The zero-order chi connectivity index (χ0) is 9.68. The van der Waals surface area contributed by atoms with E-state index in [0.29, 0.717) is 12.5 Å². The molecule has 0 saturated heterocycles. The molecular weight excluding hydrogens is 160 g/mol. The summed E-state index contributed by atoms with van der Waals surface area (Å²) >= 11 is 0. The molecule has 1 unspecified atom stereocenters. The number of ether oxygens (including phenoxy) is 1. The van der Waals surface area contributed by atoms with E-state index in [2.05, 4.69) is 13.5 Å². The fourth-order valence-corrected chi connectivity index (χ4v) is 0.880. The minimum absolute atomic E-state index is 0.417. The molecule has 13 heavy (non-hydrogen) atoms. The monoisotopic (exact) mass is 176 g/mol. The third kappa shape index (κ3) is 3.32. The maximum absolute atomic E-state index is 5.57. The molecule has 1 rings (SSSR count). The van der Waals surface area contributed by atoms with Gasteiger partial charge in [-0.15, -0.1) is 0 Å². The molecule has 0 saturated carbocycles. The Bertz CT molecular complexity index is 264. The van der Waals surface area contributed by atoms with E-state index >= 15 is 0 Å². The van der Waals surface area contributed by atoms with Gasteiger partial charge < -0.3 is 4.74 Å². The zero-order valence-corrected chi connectivity index (χ0v) is 8.29. The van der Waals surface area contributed by atoms with Crippen molar-refractivity contribution in [1.29, 1.82) is 0 Å². The van der Waals surface area contributed by atoms with Gasteiger partial charge in [0.2, 0.25) is 0 Å². The molecule has 1 nitrogen and oxygen atoms in total. The van der Waals surface area contributed by atoms with Gasteiger partial charge in [0.25, 0.3) is 0 Å². The topological polar surface area (TPSA) is 9.23 Å². The van der Waals surface area contributed by atoms with Crippen molar-refractivity contribution in [3.63, 3.8) is 0 Å². The van der Waals surface area contributed by atoms with Crippen LogP contribution in [0.3, 0.4) is 0 Å². The molecule has 0 heterocycles. The van der Waals surface area contributed by atoms with Crippen LogP contribution in [0.1, 0.15) is 13.8 Å². The van der Waals surface area contributed by atoms with Gasteiger partial charge in [-0.1, -0.05) is 37.3 Å². The Morgan fingerprint density at radius 1 is 1.38 bits per heavy atom. The van der Waals surface area contributed by atoms with Crippen LogP contribution in [-0.4, -0.2) is 6.61 Å². The van der Waals surface area contributed by atoms with Crippen LogP contribution < -0.4 is 4.74 Å². The Morgan fingerprint density at radius 3 is 2.54 bits per heavy atom. The number of benzene rings is 1. The predicted octanol–water partition coefficient (Wildman–Crippen LogP) is 3.28. The average molecular weight is 176 g/mol. The Hall–Kier alpha value is -1.24. The Kier molecular flexibility index (Phi) is 3.56. The van der Waals surface area contributed by atoms with Crippen LogP contribution >= 0.6 is 0 Å². The quantitative estimate of drug-likeness (QED) is 0.640. The number of para-hydroxylation sites is 1. The van der Waals surface area contributed by atoms with Gasteiger partial charge in [0.05, 0.1) is 6.61 Å². The average Bonchev–Trinajstić information content (AvgIpc) is 2.15. The van der Waals surface area contributed by atoms with E-state index in [4.69, 9.17) is 4.74 Å². The van der Waals surface area contributed by atoms with E-state index in [1.165, 1.54) is 0 Å². The van der Waals surface area contributed by atoms with Crippen LogP contribution in [-0.2, 0) is 0 Å². The van der Waals surface area contributed by atoms with Crippen molar-refractivity contribution in [2.24, 2.45) is 5.92 Å². The van der Waals surface area contributed by atoms with Crippen molar-refractivity contribution < 1.29 is 4.74 Å². The minimum Gasteiger partial charge on any atom is -0.493 e. The van der Waals surface area contributed by atoms with Crippen LogP contribution in [0.5, 0.6) is 5.75 Å². The van der Waals surface area contributed by atoms with Crippen molar-refractivity contribution in [2.75, 3.05) is 6.61 Å². The number of hydrogen-bond acceptors (Lipinski definition) is 1. The second kappa shape index (κ2) is 4.70. The summed E-state index contributed by atoms with van der Waals surface area (Å²) in [5, 5.41) is 0.